The summed E-state index contributed by atoms with van der Waals surface area (Å²) >= 11 is 6.84. The van der Waals surface area contributed by atoms with E-state index in [9.17, 15) is 4.79 Å². The second kappa shape index (κ2) is 6.01. The number of hydrogen-bond donors (Lipinski definition) is 1. The number of aryl methyl sites for hydroxylation is 1. The van der Waals surface area contributed by atoms with Crippen molar-refractivity contribution in [1.29, 1.82) is 0 Å². The highest BCUT2D eigenvalue weighted by Gasteiger charge is 2.17. The average Bonchev–Trinajstić information content (AvgIpc) is 2.24. The number of nitrogens with one attached hydrogen (secondary N) is 1. The van der Waals surface area contributed by atoms with E-state index in [1.54, 1.807) is 0 Å². The molecule has 0 aliphatic heterocycles. The van der Waals surface area contributed by atoms with Gasteiger partial charge < -0.3 is 5.32 Å². The molecule has 0 unspecified atom stereocenters. The summed E-state index contributed by atoms with van der Waals surface area (Å²) < 4.78 is 0.933. The molecule has 1 rings (SSSR count). The lowest BCUT2D eigenvalue weighted by Gasteiger charge is -2.21. The molecule has 0 aromatic heterocycles. The van der Waals surface area contributed by atoms with Gasteiger partial charge in [-0.25, -0.2) is 0 Å². The highest BCUT2D eigenvalue weighted by molar-refractivity contribution is 9.10. The lowest BCUT2D eigenvalue weighted by Crippen LogP contribution is -2.34. The predicted octanol–water partition coefficient (Wildman–Crippen LogP) is 3.91. The van der Waals surface area contributed by atoms with Gasteiger partial charge in [0.15, 0.2) is 0 Å². The van der Waals surface area contributed by atoms with Crippen molar-refractivity contribution < 1.29 is 4.79 Å². The number of amides is 1. The molecule has 94 valence electrons. The van der Waals surface area contributed by atoms with Gasteiger partial charge >= 0.3 is 0 Å². The molecule has 17 heavy (non-hydrogen) atoms. The number of carbonyl (C=O) groups excluding carboxylic acids is 1. The van der Waals surface area contributed by atoms with Crippen LogP contribution in [0.3, 0.4) is 0 Å². The minimum absolute atomic E-state index is 0.0246. The van der Waals surface area contributed by atoms with Gasteiger partial charge in [0, 0.05) is 21.9 Å². The summed E-state index contributed by atoms with van der Waals surface area (Å²) in [7, 11) is 0. The van der Waals surface area contributed by atoms with Gasteiger partial charge in [0.25, 0.3) is 5.91 Å². The van der Waals surface area contributed by atoms with Crippen LogP contribution in [0.15, 0.2) is 22.7 Å². The first kappa shape index (κ1) is 14.7. The Morgan fingerprint density at radius 1 is 1.35 bits per heavy atom. The summed E-state index contributed by atoms with van der Waals surface area (Å²) in [6.07, 6.45) is 0. The van der Waals surface area contributed by atoms with Gasteiger partial charge in [-0.05, 0) is 36.1 Å². The Kier molecular flexibility index (Phi) is 5.20. The van der Waals surface area contributed by atoms with Crippen LogP contribution >= 0.6 is 31.9 Å². The van der Waals surface area contributed by atoms with Crippen molar-refractivity contribution in [3.8, 4) is 0 Å². The lowest BCUT2D eigenvalue weighted by molar-refractivity contribution is 0.0940. The van der Waals surface area contributed by atoms with Crippen LogP contribution in [-0.4, -0.2) is 17.8 Å². The van der Waals surface area contributed by atoms with Crippen LogP contribution in [-0.2, 0) is 0 Å². The Hall–Kier alpha value is -0.350. The van der Waals surface area contributed by atoms with Crippen molar-refractivity contribution in [2.45, 2.75) is 20.8 Å². The predicted molar refractivity (Wildman–Crippen MR) is 78.8 cm³/mol. The van der Waals surface area contributed by atoms with Crippen LogP contribution in [0.25, 0.3) is 0 Å². The van der Waals surface area contributed by atoms with E-state index >= 15 is 0 Å². The van der Waals surface area contributed by atoms with E-state index in [0.717, 1.165) is 15.4 Å². The van der Waals surface area contributed by atoms with Gasteiger partial charge in [0.1, 0.15) is 0 Å². The number of halogens is 2. The van der Waals surface area contributed by atoms with Gasteiger partial charge in [-0.1, -0.05) is 45.7 Å². The molecular formula is C13H17Br2NO. The standard InChI is InChI=1S/C13H17Br2NO/c1-9-4-10(6-11(15)5-9)12(17)16-8-13(2,3)7-14/h4-6H,7-8H2,1-3H3,(H,16,17). The van der Waals surface area contributed by atoms with Crippen molar-refractivity contribution in [2.24, 2.45) is 5.41 Å². The molecule has 1 N–H and O–H groups in total. The molecule has 1 amide bonds. The summed E-state index contributed by atoms with van der Waals surface area (Å²) in [4.78, 5) is 12.0. The molecule has 0 fully saturated rings. The molecule has 0 heterocycles. The molecule has 0 bridgehead atoms. The minimum Gasteiger partial charge on any atom is -0.351 e. The van der Waals surface area contributed by atoms with E-state index in [1.807, 2.05) is 25.1 Å². The molecule has 4 heteroatoms. The quantitative estimate of drug-likeness (QED) is 0.808. The first-order valence-electron chi connectivity index (χ1n) is 5.45. The third-order valence-corrected chi connectivity index (χ3v) is 4.37. The number of rotatable bonds is 4. The molecule has 0 aliphatic rings. The van der Waals surface area contributed by atoms with E-state index in [1.165, 1.54) is 0 Å². The zero-order valence-corrected chi connectivity index (χ0v) is 13.5. The third kappa shape index (κ3) is 4.80. The Bertz CT molecular complexity index is 396. The van der Waals surface area contributed by atoms with E-state index in [-0.39, 0.29) is 11.3 Å². The zero-order valence-electron chi connectivity index (χ0n) is 10.3. The fraction of sp³-hybridized carbons (Fsp3) is 0.462. The summed E-state index contributed by atoms with van der Waals surface area (Å²) in [5.41, 5.74) is 1.84. The van der Waals surface area contributed by atoms with E-state index < -0.39 is 0 Å². The molecular weight excluding hydrogens is 346 g/mol. The van der Waals surface area contributed by atoms with Gasteiger partial charge in [0.05, 0.1) is 0 Å². The molecule has 0 saturated carbocycles. The molecule has 0 aliphatic carbocycles. The SMILES string of the molecule is Cc1cc(Br)cc(C(=O)NCC(C)(C)CBr)c1. The Morgan fingerprint density at radius 2 is 2.00 bits per heavy atom. The molecule has 0 spiro atoms. The van der Waals surface area contributed by atoms with Crippen molar-refractivity contribution in [2.75, 3.05) is 11.9 Å². The van der Waals surface area contributed by atoms with E-state index in [0.29, 0.717) is 12.1 Å². The highest BCUT2D eigenvalue weighted by atomic mass is 79.9. The first-order chi connectivity index (χ1) is 7.84. The second-order valence-electron chi connectivity index (χ2n) is 5.00. The van der Waals surface area contributed by atoms with Crippen molar-refractivity contribution in [1.82, 2.24) is 5.32 Å². The third-order valence-electron chi connectivity index (χ3n) is 2.39. The minimum atomic E-state index is -0.0246. The van der Waals surface area contributed by atoms with E-state index in [2.05, 4.69) is 51.0 Å². The van der Waals surface area contributed by atoms with Gasteiger partial charge in [-0.2, -0.15) is 0 Å². The number of benzene rings is 1. The normalized spacial score (nSPS) is 11.4. The number of alkyl halides is 1. The molecule has 2 nitrogen and oxygen atoms in total. The smallest absolute Gasteiger partial charge is 0.251 e. The molecule has 0 radical (unpaired) electrons. The van der Waals surface area contributed by atoms with Gasteiger partial charge in [-0.3, -0.25) is 4.79 Å². The molecule has 1 aromatic rings. The zero-order chi connectivity index (χ0) is 13.1. The maximum absolute atomic E-state index is 12.0. The number of hydrogen-bond acceptors (Lipinski definition) is 1. The molecule has 0 saturated heterocycles. The monoisotopic (exact) mass is 361 g/mol. The van der Waals surface area contributed by atoms with Crippen LogP contribution in [0.2, 0.25) is 0 Å². The van der Waals surface area contributed by atoms with Crippen LogP contribution in [0.5, 0.6) is 0 Å². The maximum Gasteiger partial charge on any atom is 0.251 e. The summed E-state index contributed by atoms with van der Waals surface area (Å²) in [5.74, 6) is -0.0246. The molecule has 0 atom stereocenters. The highest BCUT2D eigenvalue weighted by Crippen LogP contribution is 2.18. The summed E-state index contributed by atoms with van der Waals surface area (Å²) in [5, 5.41) is 3.81. The Labute approximate surface area is 119 Å². The number of carbonyl (C=O) groups is 1. The average molecular weight is 363 g/mol. The fourth-order valence-corrected chi connectivity index (χ4v) is 2.14. The van der Waals surface area contributed by atoms with Gasteiger partial charge in [-0.15, -0.1) is 0 Å². The second-order valence-corrected chi connectivity index (χ2v) is 6.47. The van der Waals surface area contributed by atoms with Crippen molar-refractivity contribution in [3.63, 3.8) is 0 Å². The van der Waals surface area contributed by atoms with Gasteiger partial charge in [0.2, 0.25) is 0 Å². The summed E-state index contributed by atoms with van der Waals surface area (Å²) in [6, 6.07) is 5.71. The van der Waals surface area contributed by atoms with Crippen LogP contribution in [0.4, 0.5) is 0 Å². The Morgan fingerprint density at radius 3 is 2.53 bits per heavy atom. The Balaban J connectivity index is 2.70. The van der Waals surface area contributed by atoms with E-state index in [4.69, 9.17) is 0 Å². The summed E-state index contributed by atoms with van der Waals surface area (Å²) in [6.45, 7) is 6.84. The van der Waals surface area contributed by atoms with Crippen molar-refractivity contribution >= 4 is 37.8 Å². The maximum atomic E-state index is 12.0. The largest absolute Gasteiger partial charge is 0.351 e. The first-order valence-corrected chi connectivity index (χ1v) is 7.37. The van der Waals surface area contributed by atoms with Crippen LogP contribution in [0, 0.1) is 12.3 Å². The van der Waals surface area contributed by atoms with Crippen LogP contribution < -0.4 is 5.32 Å². The van der Waals surface area contributed by atoms with Crippen LogP contribution in [0.1, 0.15) is 29.8 Å². The fourth-order valence-electron chi connectivity index (χ4n) is 1.34. The topological polar surface area (TPSA) is 29.1 Å². The molecule has 1 aromatic carbocycles. The lowest BCUT2D eigenvalue weighted by atomic mass is 9.96. The van der Waals surface area contributed by atoms with Crippen molar-refractivity contribution in [3.05, 3.63) is 33.8 Å².